The summed E-state index contributed by atoms with van der Waals surface area (Å²) < 4.78 is 4.87. The predicted octanol–water partition coefficient (Wildman–Crippen LogP) is 2.43. The molecule has 1 saturated carbocycles. The summed E-state index contributed by atoms with van der Waals surface area (Å²) in [5, 5.41) is 3.09. The highest BCUT2D eigenvalue weighted by Gasteiger charge is 2.32. The molecule has 4 heteroatoms. The van der Waals surface area contributed by atoms with E-state index < -0.39 is 5.54 Å². The smallest absolute Gasteiger partial charge is 0.325 e. The van der Waals surface area contributed by atoms with Crippen molar-refractivity contribution >= 4 is 5.97 Å². The van der Waals surface area contributed by atoms with Gasteiger partial charge in [0.25, 0.3) is 0 Å². The van der Waals surface area contributed by atoms with Crippen LogP contribution in [-0.2, 0) is 9.53 Å². The van der Waals surface area contributed by atoms with Crippen molar-refractivity contribution in [2.24, 2.45) is 5.92 Å². The van der Waals surface area contributed by atoms with Crippen molar-refractivity contribution in [1.82, 2.24) is 10.2 Å². The first-order chi connectivity index (χ1) is 9.42. The fourth-order valence-corrected chi connectivity index (χ4v) is 2.54. The number of hydrogen-bond donors (Lipinski definition) is 1. The van der Waals surface area contributed by atoms with Gasteiger partial charge in [-0.1, -0.05) is 0 Å². The Hall–Kier alpha value is -0.610. The molecule has 0 aromatic heterocycles. The minimum Gasteiger partial charge on any atom is -0.468 e. The Kier molecular flexibility index (Phi) is 6.96. The van der Waals surface area contributed by atoms with Crippen molar-refractivity contribution in [3.8, 4) is 0 Å². The topological polar surface area (TPSA) is 41.6 Å². The zero-order valence-electron chi connectivity index (χ0n) is 13.9. The molecule has 20 heavy (non-hydrogen) atoms. The quantitative estimate of drug-likeness (QED) is 0.494. The Morgan fingerprint density at radius 1 is 1.40 bits per heavy atom. The maximum absolute atomic E-state index is 11.8. The van der Waals surface area contributed by atoms with E-state index in [0.717, 1.165) is 31.7 Å². The molecule has 0 aliphatic heterocycles. The zero-order chi connectivity index (χ0) is 15.2. The Labute approximate surface area is 124 Å². The van der Waals surface area contributed by atoms with Gasteiger partial charge in [0.1, 0.15) is 5.54 Å². The number of rotatable bonds is 10. The Morgan fingerprint density at radius 2 is 2.05 bits per heavy atom. The summed E-state index contributed by atoms with van der Waals surface area (Å²) in [5.41, 5.74) is -0.548. The van der Waals surface area contributed by atoms with Gasteiger partial charge in [0.05, 0.1) is 7.11 Å². The highest BCUT2D eigenvalue weighted by Crippen LogP contribution is 2.30. The van der Waals surface area contributed by atoms with E-state index in [1.165, 1.54) is 26.5 Å². The molecule has 118 valence electrons. The zero-order valence-corrected chi connectivity index (χ0v) is 13.9. The Balaban J connectivity index is 2.29. The van der Waals surface area contributed by atoms with Gasteiger partial charge in [0.15, 0.2) is 0 Å². The van der Waals surface area contributed by atoms with Crippen molar-refractivity contribution < 1.29 is 9.53 Å². The number of ether oxygens (including phenoxy) is 1. The van der Waals surface area contributed by atoms with Crippen LogP contribution in [0.3, 0.4) is 0 Å². The third-order valence-electron chi connectivity index (χ3n) is 4.48. The maximum atomic E-state index is 11.8. The number of carbonyl (C=O) groups excluding carboxylic acids is 1. The summed E-state index contributed by atoms with van der Waals surface area (Å²) in [6.45, 7) is 8.85. The van der Waals surface area contributed by atoms with E-state index in [9.17, 15) is 4.79 Å². The summed E-state index contributed by atoms with van der Waals surface area (Å²) in [7, 11) is 3.28. The van der Waals surface area contributed by atoms with Crippen molar-refractivity contribution in [2.45, 2.75) is 64.5 Å². The second-order valence-corrected chi connectivity index (χ2v) is 6.56. The number of likely N-dealkylation sites (N-methyl/N-ethyl adjacent to an activating group) is 1. The average Bonchev–Trinajstić information content (AvgIpc) is 3.24. The van der Waals surface area contributed by atoms with Crippen LogP contribution >= 0.6 is 0 Å². The van der Waals surface area contributed by atoms with Crippen LogP contribution in [0.2, 0.25) is 0 Å². The second-order valence-electron chi connectivity index (χ2n) is 6.56. The normalized spacial score (nSPS) is 18.4. The fourth-order valence-electron chi connectivity index (χ4n) is 2.54. The lowest BCUT2D eigenvalue weighted by atomic mass is 9.95. The highest BCUT2D eigenvalue weighted by atomic mass is 16.5. The lowest BCUT2D eigenvalue weighted by Crippen LogP contribution is -2.48. The molecule has 1 atom stereocenters. The molecule has 0 aromatic carbocycles. The van der Waals surface area contributed by atoms with Gasteiger partial charge < -0.3 is 15.0 Å². The molecular formula is C16H32N2O2. The van der Waals surface area contributed by atoms with E-state index in [1.54, 1.807) is 0 Å². The second kappa shape index (κ2) is 7.99. The van der Waals surface area contributed by atoms with Crippen molar-refractivity contribution in [2.75, 3.05) is 27.2 Å². The molecule has 1 N–H and O–H groups in total. The molecule has 0 aromatic rings. The maximum Gasteiger partial charge on any atom is 0.325 e. The van der Waals surface area contributed by atoms with Crippen LogP contribution < -0.4 is 5.32 Å². The van der Waals surface area contributed by atoms with Gasteiger partial charge in [-0.15, -0.1) is 0 Å². The van der Waals surface area contributed by atoms with E-state index in [0.29, 0.717) is 6.04 Å². The molecule has 0 spiro atoms. The van der Waals surface area contributed by atoms with Crippen LogP contribution in [-0.4, -0.2) is 49.7 Å². The van der Waals surface area contributed by atoms with E-state index in [2.05, 4.69) is 24.1 Å². The van der Waals surface area contributed by atoms with Crippen LogP contribution in [0.1, 0.15) is 52.9 Å². The molecule has 0 radical (unpaired) electrons. The third-order valence-corrected chi connectivity index (χ3v) is 4.48. The molecule has 0 saturated heterocycles. The summed E-state index contributed by atoms with van der Waals surface area (Å²) in [5.74, 6) is 0.772. The number of nitrogens with one attached hydrogen (secondary N) is 1. The SMILES string of the molecule is CNC(C)(CCCCN(CC1CC1)C(C)C)C(=O)OC. The van der Waals surface area contributed by atoms with E-state index >= 15 is 0 Å². The van der Waals surface area contributed by atoms with Crippen LogP contribution in [0, 0.1) is 5.92 Å². The molecule has 0 amide bonds. The van der Waals surface area contributed by atoms with Gasteiger partial charge in [-0.25, -0.2) is 0 Å². The van der Waals surface area contributed by atoms with Crippen molar-refractivity contribution in [3.05, 3.63) is 0 Å². The fraction of sp³-hybridized carbons (Fsp3) is 0.938. The van der Waals surface area contributed by atoms with Crippen LogP contribution in [0.5, 0.6) is 0 Å². The minimum absolute atomic E-state index is 0.168. The lowest BCUT2D eigenvalue weighted by molar-refractivity contribution is -0.148. The first-order valence-corrected chi connectivity index (χ1v) is 7.94. The molecule has 1 unspecified atom stereocenters. The number of nitrogens with zero attached hydrogens (tertiary/aromatic N) is 1. The van der Waals surface area contributed by atoms with Crippen LogP contribution in [0.15, 0.2) is 0 Å². The summed E-state index contributed by atoms with van der Waals surface area (Å²) in [6.07, 6.45) is 5.82. The Bertz CT molecular complexity index is 303. The third kappa shape index (κ3) is 5.41. The number of unbranched alkanes of at least 4 members (excludes halogenated alkanes) is 1. The van der Waals surface area contributed by atoms with Gasteiger partial charge >= 0.3 is 5.97 Å². The summed E-state index contributed by atoms with van der Waals surface area (Å²) in [4.78, 5) is 14.3. The molecule has 0 bridgehead atoms. The number of hydrogen-bond acceptors (Lipinski definition) is 4. The molecule has 1 rings (SSSR count). The van der Waals surface area contributed by atoms with E-state index in [1.807, 2.05) is 14.0 Å². The van der Waals surface area contributed by atoms with Gasteiger partial charge in [-0.2, -0.15) is 0 Å². The number of esters is 1. The van der Waals surface area contributed by atoms with Crippen LogP contribution in [0.25, 0.3) is 0 Å². The predicted molar refractivity (Wildman–Crippen MR) is 82.8 cm³/mol. The van der Waals surface area contributed by atoms with Gasteiger partial charge in [-0.05, 0) is 72.4 Å². The highest BCUT2D eigenvalue weighted by molar-refractivity contribution is 5.80. The van der Waals surface area contributed by atoms with Gasteiger partial charge in [-0.3, -0.25) is 4.79 Å². The van der Waals surface area contributed by atoms with Gasteiger partial charge in [0.2, 0.25) is 0 Å². The molecule has 1 aliphatic rings. The number of carbonyl (C=O) groups is 1. The monoisotopic (exact) mass is 284 g/mol. The average molecular weight is 284 g/mol. The van der Waals surface area contributed by atoms with Crippen molar-refractivity contribution in [1.29, 1.82) is 0 Å². The first kappa shape index (κ1) is 17.4. The minimum atomic E-state index is -0.548. The van der Waals surface area contributed by atoms with Crippen molar-refractivity contribution in [3.63, 3.8) is 0 Å². The summed E-state index contributed by atoms with van der Waals surface area (Å²) in [6, 6.07) is 0.617. The van der Waals surface area contributed by atoms with E-state index in [4.69, 9.17) is 4.74 Å². The Morgan fingerprint density at radius 3 is 2.50 bits per heavy atom. The van der Waals surface area contributed by atoms with E-state index in [-0.39, 0.29) is 5.97 Å². The molecule has 0 heterocycles. The molecule has 1 aliphatic carbocycles. The van der Waals surface area contributed by atoms with Gasteiger partial charge in [0, 0.05) is 12.6 Å². The summed E-state index contributed by atoms with van der Waals surface area (Å²) >= 11 is 0. The molecule has 4 nitrogen and oxygen atoms in total. The molecule has 1 fully saturated rings. The standard InChI is InChI=1S/C16H32N2O2/c1-13(2)18(12-14-8-9-14)11-7-6-10-16(3,17-4)15(19)20-5/h13-14,17H,6-12H2,1-5H3. The number of methoxy groups -OCH3 is 1. The lowest BCUT2D eigenvalue weighted by Gasteiger charge is -2.28. The van der Waals surface area contributed by atoms with Crippen LogP contribution in [0.4, 0.5) is 0 Å². The molecular weight excluding hydrogens is 252 g/mol. The largest absolute Gasteiger partial charge is 0.468 e. The first-order valence-electron chi connectivity index (χ1n) is 7.94.